The maximum absolute atomic E-state index is 4.73. The van der Waals surface area contributed by atoms with E-state index in [0.717, 1.165) is 43.4 Å². The van der Waals surface area contributed by atoms with Crippen molar-refractivity contribution < 1.29 is 0 Å². The Kier molecular flexibility index (Phi) is 6.39. The molecule has 0 bridgehead atoms. The number of fused-ring (bicyclic) bond motifs is 1. The van der Waals surface area contributed by atoms with Gasteiger partial charge in [-0.1, -0.05) is 18.2 Å². The minimum absolute atomic E-state index is 0.585. The number of nitrogens with zero attached hydrogens (tertiary/aromatic N) is 5. The Morgan fingerprint density at radius 2 is 2.00 bits per heavy atom. The van der Waals surface area contributed by atoms with Gasteiger partial charge in [0.15, 0.2) is 5.96 Å². The van der Waals surface area contributed by atoms with Gasteiger partial charge in [0.2, 0.25) is 0 Å². The van der Waals surface area contributed by atoms with Crippen LogP contribution in [0.25, 0.3) is 16.7 Å². The Labute approximate surface area is 176 Å². The molecule has 2 N–H and O–H groups in total. The summed E-state index contributed by atoms with van der Waals surface area (Å²) in [6, 6.07) is 14.7. The lowest BCUT2D eigenvalue weighted by Crippen LogP contribution is -2.38. The van der Waals surface area contributed by atoms with Crippen LogP contribution in [-0.2, 0) is 13.1 Å². The third-order valence-corrected chi connectivity index (χ3v) is 4.89. The molecule has 3 heterocycles. The van der Waals surface area contributed by atoms with Gasteiger partial charge in [0.05, 0.1) is 6.54 Å². The fourth-order valence-corrected chi connectivity index (χ4v) is 3.40. The van der Waals surface area contributed by atoms with E-state index in [4.69, 9.17) is 4.99 Å². The van der Waals surface area contributed by atoms with Gasteiger partial charge in [0.1, 0.15) is 12.1 Å². The Morgan fingerprint density at radius 1 is 1.07 bits per heavy atom. The molecule has 154 valence electrons. The van der Waals surface area contributed by atoms with Crippen LogP contribution in [0.5, 0.6) is 0 Å². The van der Waals surface area contributed by atoms with E-state index in [-0.39, 0.29) is 0 Å². The molecule has 0 saturated carbocycles. The van der Waals surface area contributed by atoms with Crippen LogP contribution in [0.1, 0.15) is 18.9 Å². The number of benzene rings is 1. The maximum Gasteiger partial charge on any atom is 0.191 e. The summed E-state index contributed by atoms with van der Waals surface area (Å²) in [6.45, 7) is 5.31. The van der Waals surface area contributed by atoms with Crippen LogP contribution in [0.15, 0.2) is 78.6 Å². The van der Waals surface area contributed by atoms with Gasteiger partial charge in [0, 0.05) is 49.9 Å². The number of aryl methyl sites for hydroxylation is 1. The molecule has 0 amide bonds. The van der Waals surface area contributed by atoms with E-state index < -0.39 is 0 Å². The Hall–Kier alpha value is -3.61. The van der Waals surface area contributed by atoms with Crippen LogP contribution in [0.3, 0.4) is 0 Å². The molecule has 1 aromatic carbocycles. The van der Waals surface area contributed by atoms with Crippen LogP contribution in [0.2, 0.25) is 0 Å². The molecule has 4 aromatic rings. The number of hydrogen-bond donors (Lipinski definition) is 2. The minimum atomic E-state index is 0.585. The van der Waals surface area contributed by atoms with Crippen molar-refractivity contribution in [2.24, 2.45) is 4.99 Å². The van der Waals surface area contributed by atoms with Crippen LogP contribution >= 0.6 is 0 Å². The van der Waals surface area contributed by atoms with Crippen molar-refractivity contribution in [1.82, 2.24) is 29.7 Å². The second-order valence-corrected chi connectivity index (χ2v) is 7.04. The van der Waals surface area contributed by atoms with E-state index in [1.54, 1.807) is 12.5 Å². The van der Waals surface area contributed by atoms with Crippen molar-refractivity contribution in [3.63, 3.8) is 0 Å². The fourth-order valence-electron chi connectivity index (χ4n) is 3.40. The standard InChI is InChI=1S/C23H27N7/c1-2-25-23(27-10-5-13-29-14-9-20-6-3-4-7-21(20)29)28-17-19-8-11-26-22(16-19)30-15-12-24-18-30/h3-4,6-9,11-12,14-16,18H,2,5,10,13,17H2,1H3,(H2,25,27,28). The molecule has 0 aliphatic heterocycles. The normalized spacial score (nSPS) is 11.7. The molecule has 0 radical (unpaired) electrons. The maximum atomic E-state index is 4.73. The monoisotopic (exact) mass is 401 g/mol. The molecule has 4 rings (SSSR count). The quantitative estimate of drug-likeness (QED) is 0.270. The number of nitrogens with one attached hydrogen (secondary N) is 2. The molecule has 0 unspecified atom stereocenters. The molecule has 0 aliphatic rings. The van der Waals surface area contributed by atoms with Crippen molar-refractivity contribution in [1.29, 1.82) is 0 Å². The Bertz CT molecular complexity index is 1100. The molecule has 0 spiro atoms. The number of aromatic nitrogens is 4. The third-order valence-electron chi connectivity index (χ3n) is 4.89. The van der Waals surface area contributed by atoms with Gasteiger partial charge in [-0.15, -0.1) is 0 Å². The summed E-state index contributed by atoms with van der Waals surface area (Å²) in [4.78, 5) is 13.2. The second-order valence-electron chi connectivity index (χ2n) is 7.04. The van der Waals surface area contributed by atoms with Gasteiger partial charge in [0.25, 0.3) is 0 Å². The van der Waals surface area contributed by atoms with Crippen LogP contribution < -0.4 is 10.6 Å². The van der Waals surface area contributed by atoms with Gasteiger partial charge in [-0.25, -0.2) is 15.0 Å². The first kappa shape index (κ1) is 19.7. The lowest BCUT2D eigenvalue weighted by atomic mass is 10.2. The predicted octanol–water partition coefficient (Wildman–Crippen LogP) is 3.37. The summed E-state index contributed by atoms with van der Waals surface area (Å²) in [6.07, 6.45) is 10.4. The number of imidazole rings is 1. The van der Waals surface area contributed by atoms with E-state index >= 15 is 0 Å². The SMILES string of the molecule is CCNC(=NCc1ccnc(-n2ccnc2)c1)NCCCn1ccc2ccccc21. The molecule has 0 fully saturated rings. The van der Waals surface area contributed by atoms with E-state index in [0.29, 0.717) is 6.54 Å². The molecule has 0 aliphatic carbocycles. The Balaban J connectivity index is 1.32. The van der Waals surface area contributed by atoms with Crippen LogP contribution in [0, 0.1) is 0 Å². The predicted molar refractivity (Wildman–Crippen MR) is 121 cm³/mol. The topological polar surface area (TPSA) is 72.1 Å². The van der Waals surface area contributed by atoms with Gasteiger partial charge in [-0.05, 0) is 48.6 Å². The summed E-state index contributed by atoms with van der Waals surface area (Å²) in [5, 5.41) is 8.04. The first-order chi connectivity index (χ1) is 14.8. The first-order valence-electron chi connectivity index (χ1n) is 10.3. The first-order valence-corrected chi connectivity index (χ1v) is 10.3. The van der Waals surface area contributed by atoms with Crippen molar-refractivity contribution >= 4 is 16.9 Å². The highest BCUT2D eigenvalue weighted by atomic mass is 15.2. The van der Waals surface area contributed by atoms with Gasteiger partial charge >= 0.3 is 0 Å². The zero-order chi connectivity index (χ0) is 20.6. The lowest BCUT2D eigenvalue weighted by molar-refractivity contribution is 0.641. The molecule has 7 nitrogen and oxygen atoms in total. The van der Waals surface area contributed by atoms with E-state index in [1.807, 2.05) is 29.1 Å². The number of aliphatic imine (C=N–C) groups is 1. The molecule has 3 aromatic heterocycles. The zero-order valence-electron chi connectivity index (χ0n) is 17.2. The summed E-state index contributed by atoms with van der Waals surface area (Å²) in [5.41, 5.74) is 2.38. The second kappa shape index (κ2) is 9.73. The number of pyridine rings is 1. The third kappa shape index (κ3) is 4.86. The average molecular weight is 402 g/mol. The molecule has 30 heavy (non-hydrogen) atoms. The highest BCUT2D eigenvalue weighted by Gasteiger charge is 2.02. The average Bonchev–Trinajstić information content (AvgIpc) is 3.46. The van der Waals surface area contributed by atoms with Gasteiger partial charge < -0.3 is 15.2 Å². The Morgan fingerprint density at radius 3 is 2.87 bits per heavy atom. The minimum Gasteiger partial charge on any atom is -0.357 e. The molecular formula is C23H27N7. The number of rotatable bonds is 8. The lowest BCUT2D eigenvalue weighted by Gasteiger charge is -2.12. The van der Waals surface area contributed by atoms with Crippen molar-refractivity contribution in [3.05, 3.63) is 79.1 Å². The summed E-state index contributed by atoms with van der Waals surface area (Å²) in [5.74, 6) is 1.67. The summed E-state index contributed by atoms with van der Waals surface area (Å²) in [7, 11) is 0. The number of guanidine groups is 1. The largest absolute Gasteiger partial charge is 0.357 e. The van der Waals surface area contributed by atoms with Crippen molar-refractivity contribution in [2.45, 2.75) is 26.4 Å². The molecule has 0 saturated heterocycles. The number of para-hydroxylation sites is 1. The summed E-state index contributed by atoms with van der Waals surface area (Å²) < 4.78 is 4.19. The van der Waals surface area contributed by atoms with E-state index in [9.17, 15) is 0 Å². The summed E-state index contributed by atoms with van der Waals surface area (Å²) >= 11 is 0. The van der Waals surface area contributed by atoms with Crippen molar-refractivity contribution in [2.75, 3.05) is 13.1 Å². The van der Waals surface area contributed by atoms with Gasteiger partial charge in [-0.2, -0.15) is 0 Å². The van der Waals surface area contributed by atoms with Gasteiger partial charge in [-0.3, -0.25) is 4.57 Å². The van der Waals surface area contributed by atoms with Crippen LogP contribution in [0.4, 0.5) is 0 Å². The van der Waals surface area contributed by atoms with Crippen molar-refractivity contribution in [3.8, 4) is 5.82 Å². The molecule has 0 atom stereocenters. The zero-order valence-corrected chi connectivity index (χ0v) is 17.2. The highest BCUT2D eigenvalue weighted by Crippen LogP contribution is 2.15. The van der Waals surface area contributed by atoms with Crippen LogP contribution in [-0.4, -0.2) is 38.2 Å². The fraction of sp³-hybridized carbons (Fsp3) is 0.261. The number of hydrogen-bond acceptors (Lipinski definition) is 3. The van der Waals surface area contributed by atoms with E-state index in [1.165, 1.54) is 10.9 Å². The van der Waals surface area contributed by atoms with E-state index in [2.05, 4.69) is 68.6 Å². The smallest absolute Gasteiger partial charge is 0.191 e. The molecular weight excluding hydrogens is 374 g/mol. The molecule has 7 heteroatoms. The highest BCUT2D eigenvalue weighted by molar-refractivity contribution is 5.80.